The highest BCUT2D eigenvalue weighted by atomic mass is 79.9. The molecule has 1 rings (SSSR count). The fourth-order valence-corrected chi connectivity index (χ4v) is 1.68. The van der Waals surface area contributed by atoms with Gasteiger partial charge in [-0.3, -0.25) is 5.43 Å². The molecule has 4 N–H and O–H groups in total. The monoisotopic (exact) mass is 271 g/mol. The van der Waals surface area contributed by atoms with E-state index in [0.29, 0.717) is 6.54 Å². The maximum Gasteiger partial charge on any atom is 0.328 e. The number of hydrazine groups is 1. The van der Waals surface area contributed by atoms with E-state index in [4.69, 9.17) is 5.84 Å². The maximum absolute atomic E-state index is 10.8. The van der Waals surface area contributed by atoms with Crippen molar-refractivity contribution in [1.82, 2.24) is 10.7 Å². The number of nitrogens with one attached hydrogen (secondary N) is 2. The van der Waals surface area contributed by atoms with Crippen molar-refractivity contribution in [2.24, 2.45) is 5.84 Å². The van der Waals surface area contributed by atoms with Gasteiger partial charge in [-0.25, -0.2) is 10.6 Å². The van der Waals surface area contributed by atoms with E-state index < -0.39 is 0 Å². The molecule has 0 heterocycles. The molecule has 4 nitrogen and oxygen atoms in total. The minimum atomic E-state index is -0.359. The Morgan fingerprint density at radius 1 is 1.53 bits per heavy atom. The van der Waals surface area contributed by atoms with E-state index in [9.17, 15) is 4.79 Å². The number of urea groups is 1. The van der Waals surface area contributed by atoms with Gasteiger partial charge in [0.15, 0.2) is 0 Å². The molecule has 0 atom stereocenters. The average Bonchev–Trinajstić information content (AvgIpc) is 2.23. The van der Waals surface area contributed by atoms with Gasteiger partial charge in [0.05, 0.1) is 0 Å². The largest absolute Gasteiger partial charge is 0.337 e. The number of benzene rings is 1. The number of carbonyl (C=O) groups is 1. The number of aryl methyl sites for hydroxylation is 1. The van der Waals surface area contributed by atoms with Gasteiger partial charge in [-0.15, -0.1) is 0 Å². The standard InChI is InChI=1S/C10H14BrN3O/c1-7-2-3-9(11)6-8(7)4-5-13-10(15)14-12/h2-3,6H,4-5,12H2,1H3,(H2,13,14,15). The number of carbonyl (C=O) groups excluding carboxylic acids is 1. The minimum absolute atomic E-state index is 0.359. The molecule has 0 bridgehead atoms. The van der Waals surface area contributed by atoms with E-state index in [1.165, 1.54) is 11.1 Å². The summed E-state index contributed by atoms with van der Waals surface area (Å²) in [5, 5.41) is 2.64. The van der Waals surface area contributed by atoms with E-state index >= 15 is 0 Å². The molecular formula is C10H14BrN3O. The summed E-state index contributed by atoms with van der Waals surface area (Å²) in [5.41, 5.74) is 4.44. The van der Waals surface area contributed by atoms with Crippen molar-refractivity contribution < 1.29 is 4.79 Å². The second-order valence-electron chi connectivity index (χ2n) is 3.22. The first-order chi connectivity index (χ1) is 7.13. The zero-order valence-electron chi connectivity index (χ0n) is 8.51. The zero-order valence-corrected chi connectivity index (χ0v) is 10.1. The Morgan fingerprint density at radius 3 is 2.93 bits per heavy atom. The SMILES string of the molecule is Cc1ccc(Br)cc1CCNC(=O)NN. The second kappa shape index (κ2) is 5.72. The number of hydrogen-bond donors (Lipinski definition) is 3. The highest BCUT2D eigenvalue weighted by molar-refractivity contribution is 9.10. The van der Waals surface area contributed by atoms with Crippen molar-refractivity contribution in [2.45, 2.75) is 13.3 Å². The zero-order chi connectivity index (χ0) is 11.3. The molecule has 2 amide bonds. The molecule has 0 fully saturated rings. The van der Waals surface area contributed by atoms with Gasteiger partial charge in [0.2, 0.25) is 0 Å². The highest BCUT2D eigenvalue weighted by Gasteiger charge is 2.00. The summed E-state index contributed by atoms with van der Waals surface area (Å²) in [6.45, 7) is 2.62. The van der Waals surface area contributed by atoms with Gasteiger partial charge in [-0.05, 0) is 36.6 Å². The quantitative estimate of drug-likeness (QED) is 0.443. The van der Waals surface area contributed by atoms with Crippen molar-refractivity contribution in [3.63, 3.8) is 0 Å². The lowest BCUT2D eigenvalue weighted by molar-refractivity contribution is 0.241. The van der Waals surface area contributed by atoms with Crippen LogP contribution < -0.4 is 16.6 Å². The number of hydrogen-bond acceptors (Lipinski definition) is 2. The summed E-state index contributed by atoms with van der Waals surface area (Å²) in [6.07, 6.45) is 0.790. The van der Waals surface area contributed by atoms with Gasteiger partial charge in [0, 0.05) is 11.0 Å². The summed E-state index contributed by atoms with van der Waals surface area (Å²) >= 11 is 3.41. The van der Waals surface area contributed by atoms with Gasteiger partial charge < -0.3 is 5.32 Å². The van der Waals surface area contributed by atoms with Crippen molar-refractivity contribution in [3.05, 3.63) is 33.8 Å². The van der Waals surface area contributed by atoms with Crippen LogP contribution in [0.3, 0.4) is 0 Å². The number of halogens is 1. The van der Waals surface area contributed by atoms with Crippen LogP contribution in [0.4, 0.5) is 4.79 Å². The topological polar surface area (TPSA) is 67.2 Å². The fourth-order valence-electron chi connectivity index (χ4n) is 1.27. The molecule has 5 heteroatoms. The van der Waals surface area contributed by atoms with Gasteiger partial charge in [0.1, 0.15) is 0 Å². The van der Waals surface area contributed by atoms with Crippen molar-refractivity contribution in [1.29, 1.82) is 0 Å². The Kier molecular flexibility index (Phi) is 4.58. The van der Waals surface area contributed by atoms with Gasteiger partial charge in [-0.2, -0.15) is 0 Å². The lowest BCUT2D eigenvalue weighted by Crippen LogP contribution is -2.40. The van der Waals surface area contributed by atoms with Crippen molar-refractivity contribution >= 4 is 22.0 Å². The predicted octanol–water partition coefficient (Wildman–Crippen LogP) is 1.47. The second-order valence-corrected chi connectivity index (χ2v) is 4.14. The van der Waals surface area contributed by atoms with E-state index in [1.807, 2.05) is 24.5 Å². The molecule has 0 aliphatic carbocycles. The molecular weight excluding hydrogens is 258 g/mol. The normalized spacial score (nSPS) is 9.80. The van der Waals surface area contributed by atoms with Crippen LogP contribution in [0.1, 0.15) is 11.1 Å². The Hall–Kier alpha value is -1.07. The third-order valence-electron chi connectivity index (χ3n) is 2.12. The molecule has 1 aromatic rings. The average molecular weight is 272 g/mol. The summed E-state index contributed by atoms with van der Waals surface area (Å²) in [5.74, 6) is 4.94. The van der Waals surface area contributed by atoms with Crippen LogP contribution in [0.15, 0.2) is 22.7 Å². The van der Waals surface area contributed by atoms with E-state index in [1.54, 1.807) is 0 Å². The molecule has 82 valence electrons. The third kappa shape index (κ3) is 3.89. The van der Waals surface area contributed by atoms with Crippen molar-refractivity contribution in [3.8, 4) is 0 Å². The molecule has 0 spiro atoms. The lowest BCUT2D eigenvalue weighted by atomic mass is 10.1. The Bertz CT molecular complexity index is 355. The third-order valence-corrected chi connectivity index (χ3v) is 2.62. The van der Waals surface area contributed by atoms with Gasteiger partial charge >= 0.3 is 6.03 Å². The number of nitrogens with two attached hydrogens (primary N) is 1. The molecule has 0 aliphatic rings. The maximum atomic E-state index is 10.8. The summed E-state index contributed by atoms with van der Waals surface area (Å²) in [4.78, 5) is 10.8. The molecule has 0 aromatic heterocycles. The molecule has 0 unspecified atom stereocenters. The molecule has 0 radical (unpaired) electrons. The molecule has 1 aromatic carbocycles. The molecule has 0 aliphatic heterocycles. The lowest BCUT2D eigenvalue weighted by Gasteiger charge is -2.07. The smallest absolute Gasteiger partial charge is 0.328 e. The number of amides is 2. The number of rotatable bonds is 3. The van der Waals surface area contributed by atoms with E-state index in [-0.39, 0.29) is 6.03 Å². The minimum Gasteiger partial charge on any atom is -0.337 e. The summed E-state index contributed by atoms with van der Waals surface area (Å²) in [6, 6.07) is 5.74. The summed E-state index contributed by atoms with van der Waals surface area (Å²) < 4.78 is 1.05. The van der Waals surface area contributed by atoms with Crippen LogP contribution in [-0.2, 0) is 6.42 Å². The van der Waals surface area contributed by atoms with Crippen molar-refractivity contribution in [2.75, 3.05) is 6.54 Å². The Balaban J connectivity index is 2.50. The summed E-state index contributed by atoms with van der Waals surface area (Å²) in [7, 11) is 0. The molecule has 15 heavy (non-hydrogen) atoms. The van der Waals surface area contributed by atoms with Gasteiger partial charge in [-0.1, -0.05) is 22.0 Å². The molecule has 0 saturated carbocycles. The Labute approximate surface area is 97.3 Å². The first kappa shape index (κ1) is 12.0. The van der Waals surface area contributed by atoms with Crippen LogP contribution in [0.5, 0.6) is 0 Å². The van der Waals surface area contributed by atoms with Gasteiger partial charge in [0.25, 0.3) is 0 Å². The van der Waals surface area contributed by atoms with E-state index in [2.05, 4.69) is 27.3 Å². The van der Waals surface area contributed by atoms with E-state index in [0.717, 1.165) is 10.9 Å². The van der Waals surface area contributed by atoms with Crippen LogP contribution in [0.25, 0.3) is 0 Å². The predicted molar refractivity (Wildman–Crippen MR) is 63.3 cm³/mol. The van der Waals surface area contributed by atoms with Crippen LogP contribution in [-0.4, -0.2) is 12.6 Å². The fraction of sp³-hybridized carbons (Fsp3) is 0.300. The first-order valence-electron chi connectivity index (χ1n) is 4.63. The van der Waals surface area contributed by atoms with Crippen LogP contribution >= 0.6 is 15.9 Å². The Morgan fingerprint density at radius 2 is 2.27 bits per heavy atom. The highest BCUT2D eigenvalue weighted by Crippen LogP contribution is 2.16. The van der Waals surface area contributed by atoms with Crippen LogP contribution in [0.2, 0.25) is 0 Å². The van der Waals surface area contributed by atoms with Crippen LogP contribution in [0, 0.1) is 6.92 Å². The first-order valence-corrected chi connectivity index (χ1v) is 5.42. The molecule has 0 saturated heterocycles.